The Labute approximate surface area is 190 Å². The number of hydrogen-bond acceptors (Lipinski definition) is 4. The third-order valence-electron chi connectivity index (χ3n) is 7.20. The molecule has 2 fully saturated rings. The van der Waals surface area contributed by atoms with Crippen LogP contribution in [0.15, 0.2) is 57.7 Å². The van der Waals surface area contributed by atoms with Gasteiger partial charge in [0.05, 0.1) is 0 Å². The van der Waals surface area contributed by atoms with E-state index >= 15 is 0 Å². The second-order valence-electron chi connectivity index (χ2n) is 11.6. The number of fused-ring (bicyclic) bond motifs is 2. The van der Waals surface area contributed by atoms with Crippen molar-refractivity contribution in [2.45, 2.75) is 67.2 Å². The van der Waals surface area contributed by atoms with Crippen molar-refractivity contribution in [3.8, 4) is 0 Å². The van der Waals surface area contributed by atoms with Crippen LogP contribution in [0.3, 0.4) is 0 Å². The number of rotatable bonds is 2. The third-order valence-corrected chi connectivity index (χ3v) is 7.20. The quantitative estimate of drug-likeness (QED) is 0.444. The summed E-state index contributed by atoms with van der Waals surface area (Å²) in [6.45, 7) is 11.6. The molecule has 4 heteroatoms. The van der Waals surface area contributed by atoms with Crippen molar-refractivity contribution in [1.29, 1.82) is 0 Å². The monoisotopic (exact) mass is 432 g/mol. The first-order chi connectivity index (χ1) is 14.8. The van der Waals surface area contributed by atoms with Gasteiger partial charge in [-0.2, -0.15) is 0 Å². The lowest BCUT2D eigenvalue weighted by Crippen LogP contribution is -2.29. The van der Waals surface area contributed by atoms with Crippen LogP contribution in [0.1, 0.15) is 67.2 Å². The molecule has 4 aliphatic rings. The number of Topliss-reactive ketones (excluding diaryl/α,β-unsaturated/α-hetero) is 2. The predicted octanol–water partition coefficient (Wildman–Crippen LogP) is 5.20. The summed E-state index contributed by atoms with van der Waals surface area (Å²) >= 11 is 0. The Kier molecular flexibility index (Phi) is 5.27. The normalized spacial score (nSPS) is 26.2. The highest BCUT2D eigenvalue weighted by atomic mass is 16.2. The fourth-order valence-electron chi connectivity index (χ4n) is 5.56. The first kappa shape index (κ1) is 22.6. The standard InChI is InChI=1S/C28H32O4/c1-27(2,3)19-11-17(13-21(29)25(19)31)24(23-15-7-8-16(23)10-9-15)18-12-20(28(4,5)6)26(32)22(30)14-18/h11-16H,7-10H2,1-6H3. The number of carbonyl (C=O) groups is 4. The minimum absolute atomic E-state index is 0.426. The van der Waals surface area contributed by atoms with Crippen LogP contribution in [0.4, 0.5) is 0 Å². The SMILES string of the molecule is CC(C)(C)C1=CC(C(C2=CC(=O)C(=O)C(C(C)(C)C)=C2)=C2C3CCC2CC3)=CC(=O)C1=O. The van der Waals surface area contributed by atoms with Gasteiger partial charge < -0.3 is 0 Å². The largest absolute Gasteiger partial charge is 0.286 e. The number of hydrogen-bond donors (Lipinski definition) is 0. The van der Waals surface area contributed by atoms with Gasteiger partial charge in [-0.05, 0) is 89.4 Å². The molecule has 0 unspecified atom stereocenters. The zero-order chi connectivity index (χ0) is 23.6. The lowest BCUT2D eigenvalue weighted by atomic mass is 9.74. The molecule has 0 amide bonds. The van der Waals surface area contributed by atoms with Crippen molar-refractivity contribution in [3.63, 3.8) is 0 Å². The van der Waals surface area contributed by atoms with Gasteiger partial charge >= 0.3 is 0 Å². The van der Waals surface area contributed by atoms with Crippen molar-refractivity contribution in [2.24, 2.45) is 22.7 Å². The van der Waals surface area contributed by atoms with Crippen LogP contribution in [0, 0.1) is 22.7 Å². The summed E-state index contributed by atoms with van der Waals surface area (Å²) in [5, 5.41) is 0. The second-order valence-corrected chi connectivity index (χ2v) is 11.6. The first-order valence-corrected chi connectivity index (χ1v) is 11.6. The van der Waals surface area contributed by atoms with E-state index in [9.17, 15) is 19.2 Å². The predicted molar refractivity (Wildman–Crippen MR) is 124 cm³/mol. The van der Waals surface area contributed by atoms with E-state index in [2.05, 4.69) is 0 Å². The van der Waals surface area contributed by atoms with Gasteiger partial charge in [0.25, 0.3) is 0 Å². The molecule has 0 N–H and O–H groups in total. The summed E-state index contributed by atoms with van der Waals surface area (Å²) in [6, 6.07) is 0. The van der Waals surface area contributed by atoms with E-state index in [1.165, 1.54) is 17.7 Å². The summed E-state index contributed by atoms with van der Waals surface area (Å²) in [7, 11) is 0. The minimum atomic E-state index is -0.519. The van der Waals surface area contributed by atoms with Crippen molar-refractivity contribution < 1.29 is 19.2 Å². The molecule has 0 saturated heterocycles. The Balaban J connectivity index is 1.97. The molecule has 0 aromatic carbocycles. The maximum Gasteiger partial charge on any atom is 0.229 e. The molecular formula is C28H32O4. The van der Waals surface area contributed by atoms with Crippen LogP contribution in [-0.4, -0.2) is 23.1 Å². The van der Waals surface area contributed by atoms with Gasteiger partial charge in [0.2, 0.25) is 23.1 Å². The van der Waals surface area contributed by atoms with Crippen molar-refractivity contribution in [2.75, 3.05) is 0 Å². The van der Waals surface area contributed by atoms with Gasteiger partial charge in [-0.15, -0.1) is 0 Å². The molecule has 4 aliphatic carbocycles. The fraction of sp³-hybridized carbons (Fsp3) is 0.500. The van der Waals surface area contributed by atoms with E-state index in [-0.39, 0.29) is 0 Å². The minimum Gasteiger partial charge on any atom is -0.286 e. The van der Waals surface area contributed by atoms with E-state index in [4.69, 9.17) is 0 Å². The lowest BCUT2D eigenvalue weighted by Gasteiger charge is -2.28. The van der Waals surface area contributed by atoms with Gasteiger partial charge in [0.1, 0.15) is 0 Å². The molecule has 4 rings (SSSR count). The molecule has 0 aromatic heterocycles. The van der Waals surface area contributed by atoms with Gasteiger partial charge in [0, 0.05) is 11.1 Å². The van der Waals surface area contributed by atoms with E-state index in [1.54, 1.807) is 0 Å². The lowest BCUT2D eigenvalue weighted by molar-refractivity contribution is -0.132. The average molecular weight is 433 g/mol. The number of allylic oxidation sites excluding steroid dienone is 10. The van der Waals surface area contributed by atoms with Gasteiger partial charge in [0.15, 0.2) is 0 Å². The molecule has 0 atom stereocenters. The van der Waals surface area contributed by atoms with Crippen LogP contribution < -0.4 is 0 Å². The molecule has 0 aromatic rings. The summed E-state index contributed by atoms with van der Waals surface area (Å²) in [5.74, 6) is -1.11. The average Bonchev–Trinajstić information content (AvgIpc) is 3.25. The maximum absolute atomic E-state index is 12.7. The molecule has 2 saturated carbocycles. The highest BCUT2D eigenvalue weighted by molar-refractivity contribution is 6.49. The van der Waals surface area contributed by atoms with E-state index in [0.717, 1.165) is 31.3 Å². The van der Waals surface area contributed by atoms with Gasteiger partial charge in [-0.3, -0.25) is 19.2 Å². The van der Waals surface area contributed by atoms with Gasteiger partial charge in [-0.25, -0.2) is 0 Å². The Hall–Kier alpha value is -2.62. The maximum atomic E-state index is 12.7. The third kappa shape index (κ3) is 3.74. The van der Waals surface area contributed by atoms with Crippen molar-refractivity contribution in [3.05, 3.63) is 57.7 Å². The van der Waals surface area contributed by atoms with Crippen LogP contribution in [0.2, 0.25) is 0 Å². The smallest absolute Gasteiger partial charge is 0.229 e. The summed E-state index contributed by atoms with van der Waals surface area (Å²) < 4.78 is 0. The van der Waals surface area contributed by atoms with E-state index in [0.29, 0.717) is 34.1 Å². The van der Waals surface area contributed by atoms with Crippen LogP contribution in [0.25, 0.3) is 0 Å². The number of carbonyl (C=O) groups excluding carboxylic acids is 4. The molecule has 4 nitrogen and oxygen atoms in total. The highest BCUT2D eigenvalue weighted by Crippen LogP contribution is 2.53. The van der Waals surface area contributed by atoms with E-state index < -0.39 is 34.0 Å². The van der Waals surface area contributed by atoms with Crippen molar-refractivity contribution in [1.82, 2.24) is 0 Å². The molecule has 2 bridgehead atoms. The molecule has 168 valence electrons. The van der Waals surface area contributed by atoms with Crippen molar-refractivity contribution >= 4 is 23.1 Å². The zero-order valence-corrected chi connectivity index (χ0v) is 19.9. The zero-order valence-electron chi connectivity index (χ0n) is 19.9. The van der Waals surface area contributed by atoms with Crippen LogP contribution in [-0.2, 0) is 19.2 Å². The van der Waals surface area contributed by atoms with Crippen LogP contribution >= 0.6 is 0 Å². The Bertz CT molecular complexity index is 1010. The Morgan fingerprint density at radius 2 is 0.969 bits per heavy atom. The van der Waals surface area contributed by atoms with Gasteiger partial charge in [-0.1, -0.05) is 47.1 Å². The second kappa shape index (κ2) is 7.47. The summed E-state index contributed by atoms with van der Waals surface area (Å²) in [5.41, 5.74) is 3.61. The Morgan fingerprint density at radius 1 is 0.625 bits per heavy atom. The highest BCUT2D eigenvalue weighted by Gasteiger charge is 2.42. The summed E-state index contributed by atoms with van der Waals surface area (Å²) in [4.78, 5) is 50.8. The van der Waals surface area contributed by atoms with E-state index in [1.807, 2.05) is 53.7 Å². The topological polar surface area (TPSA) is 68.3 Å². The summed E-state index contributed by atoms with van der Waals surface area (Å²) in [6.07, 6.45) is 11.0. The molecular weight excluding hydrogens is 400 g/mol. The molecule has 0 spiro atoms. The molecule has 0 radical (unpaired) electrons. The molecule has 0 heterocycles. The van der Waals surface area contributed by atoms with Crippen LogP contribution in [0.5, 0.6) is 0 Å². The fourth-order valence-corrected chi connectivity index (χ4v) is 5.56. The Morgan fingerprint density at radius 3 is 1.28 bits per heavy atom. The molecule has 32 heavy (non-hydrogen) atoms. The molecule has 0 aliphatic heterocycles. The number of ketones is 4. The first-order valence-electron chi connectivity index (χ1n) is 11.6.